The molecule has 9 nitrogen and oxygen atoms in total. The van der Waals surface area contributed by atoms with E-state index in [-0.39, 0.29) is 29.6 Å². The molecule has 1 N–H and O–H groups in total. The standard InChI is InChI=1S/C32H32N2O7/c1-21-30(32(37)40-4)26(31(36)34(21)18-17-22-9-13-24(38-2)14-10-22)19-23-11-15-25(16-12-23)41-20-29(35)33-27-7-5-6-8-28(27)39-3/h5-16,19H,17-18,20H2,1-4H3,(H,33,35)/b26-19-. The van der Waals surface area contributed by atoms with Crippen molar-refractivity contribution < 1.29 is 33.3 Å². The molecule has 0 fully saturated rings. The van der Waals surface area contributed by atoms with Crippen molar-refractivity contribution in [1.82, 2.24) is 4.90 Å². The van der Waals surface area contributed by atoms with Gasteiger partial charge in [0.05, 0.1) is 38.2 Å². The van der Waals surface area contributed by atoms with Crippen LogP contribution in [0.2, 0.25) is 0 Å². The van der Waals surface area contributed by atoms with Crippen LogP contribution in [0.4, 0.5) is 5.69 Å². The Morgan fingerprint density at radius 2 is 1.56 bits per heavy atom. The predicted octanol–water partition coefficient (Wildman–Crippen LogP) is 4.64. The summed E-state index contributed by atoms with van der Waals surface area (Å²) in [6.45, 7) is 1.94. The Morgan fingerprint density at radius 1 is 0.878 bits per heavy atom. The van der Waals surface area contributed by atoms with Gasteiger partial charge in [-0.2, -0.15) is 0 Å². The van der Waals surface area contributed by atoms with Crippen LogP contribution in [-0.2, 0) is 25.5 Å². The third-order valence-electron chi connectivity index (χ3n) is 6.63. The van der Waals surface area contributed by atoms with E-state index in [1.54, 1.807) is 67.5 Å². The van der Waals surface area contributed by atoms with Crippen LogP contribution < -0.4 is 19.5 Å². The number of nitrogens with zero attached hydrogens (tertiary/aromatic N) is 1. The molecule has 1 aliphatic heterocycles. The zero-order valence-corrected chi connectivity index (χ0v) is 23.4. The Labute approximate surface area is 239 Å². The molecule has 0 unspecified atom stereocenters. The number of allylic oxidation sites excluding steroid dienone is 1. The van der Waals surface area contributed by atoms with Gasteiger partial charge < -0.3 is 29.2 Å². The van der Waals surface area contributed by atoms with Gasteiger partial charge in [-0.3, -0.25) is 9.59 Å². The van der Waals surface area contributed by atoms with Crippen LogP contribution in [-0.4, -0.2) is 57.2 Å². The van der Waals surface area contributed by atoms with Crippen molar-refractivity contribution in [1.29, 1.82) is 0 Å². The summed E-state index contributed by atoms with van der Waals surface area (Å²) in [6, 6.07) is 21.6. The maximum Gasteiger partial charge on any atom is 0.340 e. The lowest BCUT2D eigenvalue weighted by atomic mass is 10.0. The van der Waals surface area contributed by atoms with Gasteiger partial charge in [-0.25, -0.2) is 4.79 Å². The summed E-state index contributed by atoms with van der Waals surface area (Å²) in [6.07, 6.45) is 2.26. The van der Waals surface area contributed by atoms with Gasteiger partial charge >= 0.3 is 5.97 Å². The van der Waals surface area contributed by atoms with Crippen molar-refractivity contribution in [2.45, 2.75) is 13.3 Å². The normalized spacial score (nSPS) is 13.8. The van der Waals surface area contributed by atoms with E-state index < -0.39 is 5.97 Å². The Kier molecular flexibility index (Phi) is 9.42. The monoisotopic (exact) mass is 556 g/mol. The van der Waals surface area contributed by atoms with E-state index in [0.29, 0.717) is 41.4 Å². The fourth-order valence-electron chi connectivity index (χ4n) is 4.44. The molecule has 1 heterocycles. The van der Waals surface area contributed by atoms with Crippen LogP contribution in [0.5, 0.6) is 17.2 Å². The highest BCUT2D eigenvalue weighted by molar-refractivity contribution is 6.16. The number of rotatable bonds is 11. The molecule has 9 heteroatoms. The topological polar surface area (TPSA) is 103 Å². The van der Waals surface area contributed by atoms with Crippen LogP contribution >= 0.6 is 0 Å². The average molecular weight is 557 g/mol. The Bertz CT molecular complexity index is 1470. The zero-order chi connectivity index (χ0) is 29.4. The van der Waals surface area contributed by atoms with Crippen molar-refractivity contribution in [3.05, 3.63) is 101 Å². The minimum Gasteiger partial charge on any atom is -0.497 e. The van der Waals surface area contributed by atoms with E-state index in [1.165, 1.54) is 14.2 Å². The average Bonchev–Trinajstić information content (AvgIpc) is 3.23. The van der Waals surface area contributed by atoms with Crippen LogP contribution in [0.25, 0.3) is 6.08 Å². The van der Waals surface area contributed by atoms with Gasteiger partial charge in [0, 0.05) is 12.2 Å². The van der Waals surface area contributed by atoms with Gasteiger partial charge in [0.1, 0.15) is 17.2 Å². The lowest BCUT2D eigenvalue weighted by molar-refractivity contribution is -0.136. The number of nitrogens with one attached hydrogen (secondary N) is 1. The van der Waals surface area contributed by atoms with Gasteiger partial charge in [-0.1, -0.05) is 36.4 Å². The number of carbonyl (C=O) groups excluding carboxylic acids is 3. The fourth-order valence-corrected chi connectivity index (χ4v) is 4.44. The second-order valence-corrected chi connectivity index (χ2v) is 9.17. The van der Waals surface area contributed by atoms with Crippen molar-refractivity contribution in [3.63, 3.8) is 0 Å². The first-order valence-electron chi connectivity index (χ1n) is 13.0. The molecule has 3 aromatic carbocycles. The number of ether oxygens (including phenoxy) is 4. The lowest BCUT2D eigenvalue weighted by Gasteiger charge is -2.18. The predicted molar refractivity (Wildman–Crippen MR) is 155 cm³/mol. The minimum atomic E-state index is -0.574. The zero-order valence-electron chi connectivity index (χ0n) is 23.4. The Morgan fingerprint density at radius 3 is 2.22 bits per heavy atom. The molecule has 0 aliphatic carbocycles. The van der Waals surface area contributed by atoms with Crippen molar-refractivity contribution in [2.75, 3.05) is 39.8 Å². The summed E-state index contributed by atoms with van der Waals surface area (Å²) in [4.78, 5) is 40.0. The highest BCUT2D eigenvalue weighted by Gasteiger charge is 2.36. The third-order valence-corrected chi connectivity index (χ3v) is 6.63. The van der Waals surface area contributed by atoms with Crippen LogP contribution in [0.1, 0.15) is 18.1 Å². The number of carbonyl (C=O) groups is 3. The molecule has 0 atom stereocenters. The number of amides is 2. The number of methoxy groups -OCH3 is 3. The van der Waals surface area contributed by atoms with E-state index >= 15 is 0 Å². The SMILES string of the molecule is COC(=O)C1=C(C)N(CCc2ccc(OC)cc2)C(=O)/C1=C\c1ccc(OCC(=O)Nc2ccccc2OC)cc1. The Balaban J connectivity index is 1.43. The van der Waals surface area contributed by atoms with Gasteiger partial charge in [0.15, 0.2) is 6.61 Å². The van der Waals surface area contributed by atoms with E-state index in [0.717, 1.165) is 11.3 Å². The van der Waals surface area contributed by atoms with Gasteiger partial charge in [0.2, 0.25) is 0 Å². The van der Waals surface area contributed by atoms with Gasteiger partial charge in [0.25, 0.3) is 11.8 Å². The summed E-state index contributed by atoms with van der Waals surface area (Å²) >= 11 is 0. The number of hydrogen-bond acceptors (Lipinski definition) is 7. The molecule has 4 rings (SSSR count). The first-order chi connectivity index (χ1) is 19.8. The maximum atomic E-state index is 13.4. The van der Waals surface area contributed by atoms with Crippen molar-refractivity contribution >= 4 is 29.5 Å². The van der Waals surface area contributed by atoms with Crippen molar-refractivity contribution in [2.24, 2.45) is 0 Å². The molecule has 3 aromatic rings. The highest BCUT2D eigenvalue weighted by Crippen LogP contribution is 2.32. The van der Waals surface area contributed by atoms with Gasteiger partial charge in [-0.15, -0.1) is 0 Å². The molecule has 0 saturated carbocycles. The first kappa shape index (κ1) is 28.9. The summed E-state index contributed by atoms with van der Waals surface area (Å²) in [5.74, 6) is 0.596. The molecule has 212 valence electrons. The molecular weight excluding hydrogens is 524 g/mol. The number of para-hydroxylation sites is 2. The molecule has 0 spiro atoms. The quantitative estimate of drug-likeness (QED) is 0.271. The second-order valence-electron chi connectivity index (χ2n) is 9.17. The number of esters is 1. The third kappa shape index (κ3) is 6.94. The number of hydrogen-bond donors (Lipinski definition) is 1. The summed E-state index contributed by atoms with van der Waals surface area (Å²) in [5, 5.41) is 2.76. The summed E-state index contributed by atoms with van der Waals surface area (Å²) in [5.41, 5.74) is 3.31. The number of anilines is 1. The van der Waals surface area contributed by atoms with Crippen molar-refractivity contribution in [3.8, 4) is 17.2 Å². The van der Waals surface area contributed by atoms with E-state index in [9.17, 15) is 14.4 Å². The molecule has 0 aromatic heterocycles. The Hall–Kier alpha value is -5.05. The second kappa shape index (κ2) is 13.3. The highest BCUT2D eigenvalue weighted by atomic mass is 16.5. The van der Waals surface area contributed by atoms with E-state index in [1.807, 2.05) is 30.3 Å². The fraction of sp³-hybridized carbons (Fsp3) is 0.219. The maximum absolute atomic E-state index is 13.4. The number of benzene rings is 3. The molecule has 0 saturated heterocycles. The smallest absolute Gasteiger partial charge is 0.340 e. The summed E-state index contributed by atoms with van der Waals surface area (Å²) in [7, 11) is 4.43. The van der Waals surface area contributed by atoms with Gasteiger partial charge in [-0.05, 0) is 66.9 Å². The molecule has 1 aliphatic rings. The molecule has 2 amide bonds. The molecule has 0 radical (unpaired) electrons. The lowest BCUT2D eigenvalue weighted by Crippen LogP contribution is -2.27. The largest absolute Gasteiger partial charge is 0.497 e. The van der Waals surface area contributed by atoms with Crippen LogP contribution in [0.15, 0.2) is 89.6 Å². The summed E-state index contributed by atoms with van der Waals surface area (Å²) < 4.78 is 21.1. The first-order valence-corrected chi connectivity index (χ1v) is 13.0. The van der Waals surface area contributed by atoms with E-state index in [2.05, 4.69) is 5.32 Å². The van der Waals surface area contributed by atoms with Crippen LogP contribution in [0.3, 0.4) is 0 Å². The van der Waals surface area contributed by atoms with E-state index in [4.69, 9.17) is 18.9 Å². The van der Waals surface area contributed by atoms with Crippen LogP contribution in [0, 0.1) is 0 Å². The molecule has 41 heavy (non-hydrogen) atoms. The molecular formula is C32H32N2O7. The minimum absolute atomic E-state index is 0.200. The molecule has 0 bridgehead atoms.